The SMILES string of the molecule is Cl.N[C@@H](CCCO)c1cccc(Oc2ccccc2)c1. The number of hydrogen-bond acceptors (Lipinski definition) is 3. The maximum absolute atomic E-state index is 8.83. The minimum atomic E-state index is -0.0635. The van der Waals surface area contributed by atoms with Crippen molar-refractivity contribution in [3.63, 3.8) is 0 Å². The molecule has 0 saturated carbocycles. The predicted molar refractivity (Wildman–Crippen MR) is 83.5 cm³/mol. The molecule has 0 spiro atoms. The Morgan fingerprint density at radius 3 is 2.40 bits per heavy atom. The van der Waals surface area contributed by atoms with Gasteiger partial charge in [0.25, 0.3) is 0 Å². The highest BCUT2D eigenvalue weighted by Crippen LogP contribution is 2.25. The first-order chi connectivity index (χ1) is 9.29. The Hall–Kier alpha value is -1.55. The lowest BCUT2D eigenvalue weighted by Crippen LogP contribution is -2.10. The fourth-order valence-corrected chi connectivity index (χ4v) is 1.91. The zero-order chi connectivity index (χ0) is 13.5. The maximum Gasteiger partial charge on any atom is 0.127 e. The summed E-state index contributed by atoms with van der Waals surface area (Å²) in [6, 6.07) is 17.4. The van der Waals surface area contributed by atoms with Crippen LogP contribution in [0.15, 0.2) is 54.6 Å². The molecule has 108 valence electrons. The molecule has 0 heterocycles. The van der Waals surface area contributed by atoms with E-state index < -0.39 is 0 Å². The molecule has 3 N–H and O–H groups in total. The highest BCUT2D eigenvalue weighted by atomic mass is 35.5. The van der Waals surface area contributed by atoms with Crippen LogP contribution < -0.4 is 10.5 Å². The molecule has 3 nitrogen and oxygen atoms in total. The lowest BCUT2D eigenvalue weighted by molar-refractivity contribution is 0.280. The van der Waals surface area contributed by atoms with Crippen molar-refractivity contribution in [1.82, 2.24) is 0 Å². The van der Waals surface area contributed by atoms with Crippen LogP contribution in [-0.2, 0) is 0 Å². The number of halogens is 1. The summed E-state index contributed by atoms with van der Waals surface area (Å²) in [5.74, 6) is 1.59. The van der Waals surface area contributed by atoms with Gasteiger partial charge in [-0.1, -0.05) is 30.3 Å². The van der Waals surface area contributed by atoms with Gasteiger partial charge in [0.2, 0.25) is 0 Å². The molecule has 1 atom stereocenters. The zero-order valence-corrected chi connectivity index (χ0v) is 12.1. The standard InChI is InChI=1S/C16H19NO2.ClH/c17-16(10-5-11-18)13-6-4-9-15(12-13)19-14-7-2-1-3-8-14;/h1-4,6-9,12,16,18H,5,10-11,17H2;1H/t16-;/m0./s1. The van der Waals surface area contributed by atoms with Gasteiger partial charge in [-0.05, 0) is 42.7 Å². The van der Waals surface area contributed by atoms with E-state index in [1.54, 1.807) is 0 Å². The molecule has 0 amide bonds. The van der Waals surface area contributed by atoms with Crippen molar-refractivity contribution in [2.24, 2.45) is 5.73 Å². The van der Waals surface area contributed by atoms with E-state index in [1.165, 1.54) is 0 Å². The number of hydrogen-bond donors (Lipinski definition) is 2. The van der Waals surface area contributed by atoms with Crippen molar-refractivity contribution in [1.29, 1.82) is 0 Å². The summed E-state index contributed by atoms with van der Waals surface area (Å²) >= 11 is 0. The fourth-order valence-electron chi connectivity index (χ4n) is 1.91. The van der Waals surface area contributed by atoms with E-state index in [-0.39, 0.29) is 25.1 Å². The topological polar surface area (TPSA) is 55.5 Å². The van der Waals surface area contributed by atoms with Crippen molar-refractivity contribution in [2.75, 3.05) is 6.61 Å². The zero-order valence-electron chi connectivity index (χ0n) is 11.2. The third kappa shape index (κ3) is 4.85. The molecule has 0 aliphatic carbocycles. The molecule has 0 aromatic heterocycles. The molecule has 0 aliphatic heterocycles. The Bertz CT molecular complexity index is 505. The van der Waals surface area contributed by atoms with Crippen LogP contribution in [0.2, 0.25) is 0 Å². The van der Waals surface area contributed by atoms with Gasteiger partial charge in [-0.15, -0.1) is 12.4 Å². The van der Waals surface area contributed by atoms with Crippen LogP contribution in [0, 0.1) is 0 Å². The van der Waals surface area contributed by atoms with E-state index in [4.69, 9.17) is 15.6 Å². The second-order valence-electron chi connectivity index (χ2n) is 4.46. The number of rotatable bonds is 6. The van der Waals surface area contributed by atoms with Crippen molar-refractivity contribution < 1.29 is 9.84 Å². The molecular weight excluding hydrogens is 274 g/mol. The maximum atomic E-state index is 8.83. The number of aliphatic hydroxyl groups is 1. The van der Waals surface area contributed by atoms with Gasteiger partial charge in [-0.25, -0.2) is 0 Å². The Balaban J connectivity index is 0.00000200. The minimum absolute atomic E-state index is 0. The molecule has 0 saturated heterocycles. The third-order valence-electron chi connectivity index (χ3n) is 2.94. The molecule has 0 aliphatic rings. The van der Waals surface area contributed by atoms with Crippen LogP contribution in [-0.4, -0.2) is 11.7 Å². The van der Waals surface area contributed by atoms with E-state index >= 15 is 0 Å². The molecule has 2 aromatic rings. The summed E-state index contributed by atoms with van der Waals surface area (Å²) in [6.07, 6.45) is 1.48. The molecule has 0 unspecified atom stereocenters. The minimum Gasteiger partial charge on any atom is -0.457 e. The molecule has 2 rings (SSSR count). The first kappa shape index (κ1) is 16.5. The van der Waals surface area contributed by atoms with Gasteiger partial charge in [-0.2, -0.15) is 0 Å². The number of ether oxygens (including phenoxy) is 1. The average molecular weight is 294 g/mol. The summed E-state index contributed by atoms with van der Waals surface area (Å²) < 4.78 is 5.77. The summed E-state index contributed by atoms with van der Waals surface area (Å²) in [5.41, 5.74) is 7.11. The van der Waals surface area contributed by atoms with E-state index in [2.05, 4.69) is 0 Å². The lowest BCUT2D eigenvalue weighted by Gasteiger charge is -2.13. The van der Waals surface area contributed by atoms with Gasteiger partial charge in [0.15, 0.2) is 0 Å². The number of nitrogens with two attached hydrogens (primary N) is 1. The Morgan fingerprint density at radius 1 is 1.00 bits per heavy atom. The average Bonchev–Trinajstić information content (AvgIpc) is 2.46. The van der Waals surface area contributed by atoms with Crippen molar-refractivity contribution in [3.05, 3.63) is 60.2 Å². The van der Waals surface area contributed by atoms with Gasteiger partial charge in [-0.3, -0.25) is 0 Å². The van der Waals surface area contributed by atoms with Crippen molar-refractivity contribution in [2.45, 2.75) is 18.9 Å². The van der Waals surface area contributed by atoms with E-state index in [9.17, 15) is 0 Å². The molecular formula is C16H20ClNO2. The first-order valence-electron chi connectivity index (χ1n) is 6.49. The molecule has 0 fully saturated rings. The van der Waals surface area contributed by atoms with Crippen LogP contribution >= 0.6 is 12.4 Å². The second-order valence-corrected chi connectivity index (χ2v) is 4.46. The summed E-state index contributed by atoms with van der Waals surface area (Å²) in [6.45, 7) is 0.175. The lowest BCUT2D eigenvalue weighted by atomic mass is 10.0. The normalized spacial score (nSPS) is 11.5. The van der Waals surface area contributed by atoms with Crippen LogP contribution in [0.4, 0.5) is 0 Å². The second kappa shape index (κ2) is 8.59. The summed E-state index contributed by atoms with van der Waals surface area (Å²) in [5, 5.41) is 8.83. The Labute approximate surface area is 125 Å². The van der Waals surface area contributed by atoms with Crippen LogP contribution in [0.3, 0.4) is 0 Å². The smallest absolute Gasteiger partial charge is 0.127 e. The van der Waals surface area contributed by atoms with Gasteiger partial charge in [0.1, 0.15) is 11.5 Å². The van der Waals surface area contributed by atoms with Gasteiger partial charge < -0.3 is 15.6 Å². The van der Waals surface area contributed by atoms with E-state index in [0.29, 0.717) is 6.42 Å². The van der Waals surface area contributed by atoms with Crippen molar-refractivity contribution in [3.8, 4) is 11.5 Å². The number of para-hydroxylation sites is 1. The van der Waals surface area contributed by atoms with Crippen molar-refractivity contribution >= 4 is 12.4 Å². The van der Waals surface area contributed by atoms with Crippen LogP contribution in [0.25, 0.3) is 0 Å². The Kier molecular flexibility index (Phi) is 7.09. The highest BCUT2D eigenvalue weighted by molar-refractivity contribution is 5.85. The van der Waals surface area contributed by atoms with Crippen LogP contribution in [0.5, 0.6) is 11.5 Å². The molecule has 2 aromatic carbocycles. The van der Waals surface area contributed by atoms with Gasteiger partial charge in [0, 0.05) is 12.6 Å². The van der Waals surface area contributed by atoms with E-state index in [1.807, 2.05) is 54.6 Å². The first-order valence-corrected chi connectivity index (χ1v) is 6.49. The molecule has 20 heavy (non-hydrogen) atoms. The van der Waals surface area contributed by atoms with E-state index in [0.717, 1.165) is 23.5 Å². The van der Waals surface area contributed by atoms with Crippen LogP contribution in [0.1, 0.15) is 24.4 Å². The molecule has 4 heteroatoms. The Morgan fingerprint density at radius 2 is 1.70 bits per heavy atom. The molecule has 0 bridgehead atoms. The largest absolute Gasteiger partial charge is 0.457 e. The fraction of sp³-hybridized carbons (Fsp3) is 0.250. The predicted octanol–water partition coefficient (Wildman–Crippen LogP) is 3.67. The number of benzene rings is 2. The van der Waals surface area contributed by atoms with Gasteiger partial charge in [0.05, 0.1) is 0 Å². The van der Waals surface area contributed by atoms with Gasteiger partial charge >= 0.3 is 0 Å². The molecule has 0 radical (unpaired) electrons. The summed E-state index contributed by atoms with van der Waals surface area (Å²) in [7, 11) is 0. The third-order valence-corrected chi connectivity index (χ3v) is 2.94. The number of aliphatic hydroxyl groups excluding tert-OH is 1. The monoisotopic (exact) mass is 293 g/mol. The summed E-state index contributed by atoms with van der Waals surface area (Å²) in [4.78, 5) is 0. The quantitative estimate of drug-likeness (QED) is 0.854. The highest BCUT2D eigenvalue weighted by Gasteiger charge is 2.07.